The number of halogens is 2. The molecule has 1 saturated heterocycles. The molecule has 2 aromatic rings. The van der Waals surface area contributed by atoms with E-state index in [1.807, 2.05) is 30.3 Å². The van der Waals surface area contributed by atoms with Crippen molar-refractivity contribution in [2.24, 2.45) is 0 Å². The number of hydrogen-bond donors (Lipinski definition) is 3. The normalized spacial score (nSPS) is 22.9. The number of carbonyl (C=O) groups is 1. The van der Waals surface area contributed by atoms with Gasteiger partial charge in [-0.15, -0.1) is 0 Å². The van der Waals surface area contributed by atoms with Crippen LogP contribution in [0.1, 0.15) is 12.0 Å². The molecule has 0 spiro atoms. The predicted octanol–water partition coefficient (Wildman–Crippen LogP) is 3.11. The fourth-order valence-electron chi connectivity index (χ4n) is 3.92. The van der Waals surface area contributed by atoms with E-state index >= 15 is 0 Å². The summed E-state index contributed by atoms with van der Waals surface area (Å²) in [4.78, 5) is 11.4. The molecule has 0 amide bonds. The lowest BCUT2D eigenvalue weighted by Gasteiger charge is -2.46. The summed E-state index contributed by atoms with van der Waals surface area (Å²) >= 11 is 5.97. The summed E-state index contributed by atoms with van der Waals surface area (Å²) in [7, 11) is 0. The highest BCUT2D eigenvalue weighted by molar-refractivity contribution is 6.32. The third kappa shape index (κ3) is 4.28. The van der Waals surface area contributed by atoms with E-state index in [1.54, 1.807) is 0 Å². The molecule has 8 heteroatoms. The van der Waals surface area contributed by atoms with Crippen LogP contribution < -0.4 is 20.1 Å². The lowest BCUT2D eigenvalue weighted by Crippen LogP contribution is -2.64. The molecule has 2 aliphatic heterocycles. The van der Waals surface area contributed by atoms with Crippen molar-refractivity contribution in [3.63, 3.8) is 0 Å². The van der Waals surface area contributed by atoms with E-state index in [1.165, 1.54) is 18.2 Å². The van der Waals surface area contributed by atoms with Crippen LogP contribution in [0, 0.1) is 5.82 Å². The maximum atomic E-state index is 13.3. The molecule has 2 aromatic carbocycles. The minimum Gasteiger partial charge on any atom is -0.490 e. The van der Waals surface area contributed by atoms with E-state index < -0.39 is 11.8 Å². The van der Waals surface area contributed by atoms with Crippen molar-refractivity contribution in [1.82, 2.24) is 10.6 Å². The molecule has 4 rings (SSSR count). The summed E-state index contributed by atoms with van der Waals surface area (Å²) in [5.74, 6) is -0.324. The lowest BCUT2D eigenvalue weighted by molar-refractivity contribution is -0.133. The zero-order valence-corrected chi connectivity index (χ0v) is 16.9. The van der Waals surface area contributed by atoms with Gasteiger partial charge in [0.25, 0.3) is 0 Å². The number of carboxylic acids is 1. The molecule has 0 saturated carbocycles. The topological polar surface area (TPSA) is 79.8 Å². The fourth-order valence-corrected chi connectivity index (χ4v) is 4.09. The van der Waals surface area contributed by atoms with Gasteiger partial charge in [-0.3, -0.25) is 5.32 Å². The number of rotatable bonds is 7. The van der Waals surface area contributed by atoms with Crippen molar-refractivity contribution in [2.45, 2.75) is 18.0 Å². The Morgan fingerprint density at radius 3 is 2.73 bits per heavy atom. The number of fused-ring (bicyclic) bond motifs is 2. The van der Waals surface area contributed by atoms with Gasteiger partial charge in [0.05, 0.1) is 22.2 Å². The average molecular weight is 433 g/mol. The van der Waals surface area contributed by atoms with Crippen molar-refractivity contribution >= 4 is 17.6 Å². The smallest absolute Gasteiger partial charge is 0.332 e. The van der Waals surface area contributed by atoms with Crippen molar-refractivity contribution in [3.8, 4) is 11.5 Å². The number of nitrogens with one attached hydrogen (secondary N) is 2. The zero-order valence-electron chi connectivity index (χ0n) is 16.2. The Labute approximate surface area is 178 Å². The van der Waals surface area contributed by atoms with Gasteiger partial charge in [-0.25, -0.2) is 9.18 Å². The van der Waals surface area contributed by atoms with Gasteiger partial charge < -0.3 is 19.9 Å². The molecule has 3 N–H and O–H groups in total. The van der Waals surface area contributed by atoms with Crippen LogP contribution in [0.4, 0.5) is 4.39 Å². The molecular formula is C22H22ClFN2O4. The summed E-state index contributed by atoms with van der Waals surface area (Å²) in [6.45, 7) is 1.82. The van der Waals surface area contributed by atoms with Gasteiger partial charge in [-0.2, -0.15) is 0 Å². The number of carboxylic acid groups (broad SMARTS) is 1. The Hall–Kier alpha value is -2.61. The first kappa shape index (κ1) is 20.7. The molecule has 2 aliphatic rings. The molecule has 2 heterocycles. The maximum absolute atomic E-state index is 13.3. The van der Waals surface area contributed by atoms with Gasteiger partial charge in [0.15, 0.2) is 0 Å². The fraction of sp³-hybridized carbons (Fsp3) is 0.318. The van der Waals surface area contributed by atoms with Crippen LogP contribution in [0.2, 0.25) is 5.02 Å². The molecule has 0 radical (unpaired) electrons. The molecular weight excluding hydrogens is 411 g/mol. The summed E-state index contributed by atoms with van der Waals surface area (Å²) in [6.07, 6.45) is 2.42. The highest BCUT2D eigenvalue weighted by Gasteiger charge is 2.42. The van der Waals surface area contributed by atoms with Gasteiger partial charge in [-0.1, -0.05) is 29.8 Å². The standard InChI is InChI=1S/C22H22ClFN2O4/c23-18-6-3-15(24)11-20(18)30-10-9-29-16-4-1-14(2-5-16)22-8-7-17(21(27)28)19(26-22)12-25-13-22/h1-7,11,19,25-26H,8-10,12-13H2,(H,27,28). The lowest BCUT2D eigenvalue weighted by atomic mass is 9.79. The van der Waals surface area contributed by atoms with Crippen LogP contribution in [0.5, 0.6) is 11.5 Å². The average Bonchev–Trinajstić information content (AvgIpc) is 2.74. The van der Waals surface area contributed by atoms with Crippen LogP contribution >= 0.6 is 11.6 Å². The van der Waals surface area contributed by atoms with Gasteiger partial charge in [0, 0.05) is 19.2 Å². The van der Waals surface area contributed by atoms with Crippen LogP contribution in [-0.4, -0.2) is 43.4 Å². The van der Waals surface area contributed by atoms with Gasteiger partial charge in [0.2, 0.25) is 0 Å². The molecule has 0 aliphatic carbocycles. The van der Waals surface area contributed by atoms with Crippen molar-refractivity contribution in [2.75, 3.05) is 26.3 Å². The molecule has 158 valence electrons. The van der Waals surface area contributed by atoms with Gasteiger partial charge >= 0.3 is 5.97 Å². The van der Waals surface area contributed by atoms with E-state index in [4.69, 9.17) is 21.1 Å². The maximum Gasteiger partial charge on any atom is 0.332 e. The number of piperazine rings is 1. The van der Waals surface area contributed by atoms with Gasteiger partial charge in [-0.05, 0) is 36.2 Å². The minimum absolute atomic E-state index is 0.215. The molecule has 2 unspecified atom stereocenters. The molecule has 0 aromatic heterocycles. The highest BCUT2D eigenvalue weighted by atomic mass is 35.5. The van der Waals surface area contributed by atoms with Gasteiger partial charge in [0.1, 0.15) is 30.5 Å². The second-order valence-corrected chi connectivity index (χ2v) is 7.78. The minimum atomic E-state index is -0.879. The quantitative estimate of drug-likeness (QED) is 0.583. The first-order chi connectivity index (χ1) is 14.5. The third-order valence-corrected chi connectivity index (χ3v) is 5.74. The number of ether oxygens (including phenoxy) is 2. The van der Waals surface area contributed by atoms with Crippen molar-refractivity contribution < 1.29 is 23.8 Å². The SMILES string of the molecule is O=C(O)C1=CCC2(c3ccc(OCCOc4cc(F)ccc4Cl)cc3)CNCC1N2. The molecule has 2 bridgehead atoms. The first-order valence-electron chi connectivity index (χ1n) is 9.70. The summed E-state index contributed by atoms with van der Waals surface area (Å²) < 4.78 is 24.4. The summed E-state index contributed by atoms with van der Waals surface area (Å²) in [5, 5.41) is 16.5. The van der Waals surface area contributed by atoms with Crippen LogP contribution in [0.25, 0.3) is 0 Å². The van der Waals surface area contributed by atoms with Crippen LogP contribution in [-0.2, 0) is 10.3 Å². The largest absolute Gasteiger partial charge is 0.490 e. The van der Waals surface area contributed by atoms with E-state index in [9.17, 15) is 14.3 Å². The predicted molar refractivity (Wildman–Crippen MR) is 111 cm³/mol. The Morgan fingerprint density at radius 2 is 1.97 bits per heavy atom. The van der Waals surface area contributed by atoms with E-state index in [2.05, 4.69) is 10.6 Å². The first-order valence-corrected chi connectivity index (χ1v) is 10.1. The highest BCUT2D eigenvalue weighted by Crippen LogP contribution is 2.34. The number of benzene rings is 2. The molecule has 30 heavy (non-hydrogen) atoms. The Morgan fingerprint density at radius 1 is 1.20 bits per heavy atom. The Balaban J connectivity index is 1.35. The summed E-state index contributed by atoms with van der Waals surface area (Å²) in [6, 6.07) is 11.5. The second-order valence-electron chi connectivity index (χ2n) is 7.37. The number of hydrogen-bond acceptors (Lipinski definition) is 5. The van der Waals surface area contributed by atoms with Crippen molar-refractivity contribution in [3.05, 3.63) is 70.5 Å². The van der Waals surface area contributed by atoms with E-state index in [-0.39, 0.29) is 30.5 Å². The third-order valence-electron chi connectivity index (χ3n) is 5.43. The molecule has 1 fully saturated rings. The molecule has 2 atom stereocenters. The van der Waals surface area contributed by atoms with Crippen molar-refractivity contribution in [1.29, 1.82) is 0 Å². The van der Waals surface area contributed by atoms with Crippen LogP contribution in [0.3, 0.4) is 0 Å². The second kappa shape index (κ2) is 8.63. The zero-order chi connectivity index (χ0) is 21.1. The Kier molecular flexibility index (Phi) is 5.94. The van der Waals surface area contributed by atoms with E-state index in [0.717, 1.165) is 12.1 Å². The number of aliphatic carboxylic acids is 1. The molecule has 6 nitrogen and oxygen atoms in total. The summed E-state index contributed by atoms with van der Waals surface area (Å²) in [5.41, 5.74) is 1.14. The van der Waals surface area contributed by atoms with E-state index in [0.29, 0.717) is 29.3 Å². The monoisotopic (exact) mass is 432 g/mol. The van der Waals surface area contributed by atoms with Crippen LogP contribution in [0.15, 0.2) is 54.1 Å². The Bertz CT molecular complexity index is 966.